The van der Waals surface area contributed by atoms with Gasteiger partial charge in [0.1, 0.15) is 0 Å². The highest BCUT2D eigenvalue weighted by molar-refractivity contribution is 7.12. The summed E-state index contributed by atoms with van der Waals surface area (Å²) in [5.74, 6) is 1.95. The summed E-state index contributed by atoms with van der Waals surface area (Å²) in [4.78, 5) is 20.2. The number of carbonyl (C=O) groups excluding carboxylic acids is 1. The van der Waals surface area contributed by atoms with Crippen molar-refractivity contribution in [3.05, 3.63) is 33.1 Å². The molecule has 3 heterocycles. The number of hydrogen-bond donors (Lipinski definition) is 0. The Morgan fingerprint density at radius 3 is 2.83 bits per heavy atom. The van der Waals surface area contributed by atoms with E-state index in [4.69, 9.17) is 4.52 Å². The highest BCUT2D eigenvalue weighted by Gasteiger charge is 2.29. The fourth-order valence-electron chi connectivity index (χ4n) is 3.66. The topological polar surface area (TPSA) is 59.2 Å². The zero-order valence-corrected chi connectivity index (χ0v) is 14.2. The van der Waals surface area contributed by atoms with Crippen LogP contribution in [0.5, 0.6) is 0 Å². The predicted octanol–water partition coefficient (Wildman–Crippen LogP) is 3.34. The van der Waals surface area contributed by atoms with Gasteiger partial charge in [0, 0.05) is 25.9 Å². The number of nitrogens with zero attached hydrogens (tertiary/aromatic N) is 3. The van der Waals surface area contributed by atoms with Crippen molar-refractivity contribution in [2.75, 3.05) is 13.1 Å². The van der Waals surface area contributed by atoms with Crippen LogP contribution in [0.2, 0.25) is 0 Å². The molecule has 1 aliphatic heterocycles. The van der Waals surface area contributed by atoms with E-state index in [9.17, 15) is 4.79 Å². The quantitative estimate of drug-likeness (QED) is 0.847. The molecule has 5 nitrogen and oxygen atoms in total. The van der Waals surface area contributed by atoms with Crippen molar-refractivity contribution in [3.63, 3.8) is 0 Å². The molecule has 2 aliphatic rings. The van der Waals surface area contributed by atoms with Gasteiger partial charge in [-0.1, -0.05) is 5.16 Å². The first kappa shape index (κ1) is 14.9. The molecule has 0 atom stereocenters. The van der Waals surface area contributed by atoms with Crippen LogP contribution in [-0.4, -0.2) is 34.0 Å². The average Bonchev–Trinajstić information content (AvgIpc) is 3.21. The first-order chi connectivity index (χ1) is 11.2. The van der Waals surface area contributed by atoms with Gasteiger partial charge < -0.3 is 9.42 Å². The Kier molecular flexibility index (Phi) is 3.93. The molecule has 4 rings (SSSR count). The van der Waals surface area contributed by atoms with E-state index in [0.29, 0.717) is 11.8 Å². The third-order valence-corrected chi connectivity index (χ3v) is 6.05. The second-order valence-corrected chi connectivity index (χ2v) is 7.39. The maximum Gasteiger partial charge on any atom is 0.264 e. The summed E-state index contributed by atoms with van der Waals surface area (Å²) >= 11 is 1.64. The number of rotatable bonds is 2. The van der Waals surface area contributed by atoms with E-state index in [2.05, 4.69) is 15.5 Å². The minimum atomic E-state index is 0.223. The minimum absolute atomic E-state index is 0.223. The number of piperidine rings is 1. The van der Waals surface area contributed by atoms with Gasteiger partial charge in [-0.3, -0.25) is 4.79 Å². The summed E-state index contributed by atoms with van der Waals surface area (Å²) < 4.78 is 5.07. The van der Waals surface area contributed by atoms with Gasteiger partial charge in [-0.25, -0.2) is 0 Å². The second kappa shape index (κ2) is 6.07. The van der Waals surface area contributed by atoms with Crippen molar-refractivity contribution in [1.82, 2.24) is 15.0 Å². The van der Waals surface area contributed by atoms with Crippen molar-refractivity contribution in [3.8, 4) is 0 Å². The Hall–Kier alpha value is -1.69. The highest BCUT2D eigenvalue weighted by atomic mass is 32.1. The van der Waals surface area contributed by atoms with Crippen LogP contribution in [0.3, 0.4) is 0 Å². The van der Waals surface area contributed by atoms with E-state index in [1.54, 1.807) is 11.3 Å². The fraction of sp³-hybridized carbons (Fsp3) is 0.588. The van der Waals surface area contributed by atoms with Gasteiger partial charge in [0.05, 0.1) is 4.88 Å². The lowest BCUT2D eigenvalue weighted by atomic mass is 9.93. The van der Waals surface area contributed by atoms with Crippen LogP contribution in [0.15, 0.2) is 9.90 Å². The van der Waals surface area contributed by atoms with Crippen LogP contribution in [0.4, 0.5) is 0 Å². The summed E-state index contributed by atoms with van der Waals surface area (Å²) in [5, 5.41) is 6.22. The minimum Gasteiger partial charge on any atom is -0.340 e. The van der Waals surface area contributed by atoms with Crippen LogP contribution in [0.25, 0.3) is 0 Å². The number of aryl methyl sites for hydroxylation is 2. The van der Waals surface area contributed by atoms with Gasteiger partial charge in [0.25, 0.3) is 5.91 Å². The van der Waals surface area contributed by atoms with Crippen molar-refractivity contribution < 1.29 is 9.32 Å². The van der Waals surface area contributed by atoms with Gasteiger partial charge in [0.15, 0.2) is 5.82 Å². The molecule has 1 aliphatic carbocycles. The maximum atomic E-state index is 12.9. The molecule has 0 N–H and O–H groups in total. The first-order valence-electron chi connectivity index (χ1n) is 8.41. The smallest absolute Gasteiger partial charge is 0.264 e. The number of amides is 1. The number of hydrogen-bond acceptors (Lipinski definition) is 5. The van der Waals surface area contributed by atoms with E-state index in [1.807, 2.05) is 11.8 Å². The summed E-state index contributed by atoms with van der Waals surface area (Å²) in [6, 6.07) is 0. The zero-order chi connectivity index (χ0) is 15.8. The molecule has 0 saturated carbocycles. The highest BCUT2D eigenvalue weighted by Crippen LogP contribution is 2.32. The largest absolute Gasteiger partial charge is 0.340 e. The van der Waals surface area contributed by atoms with Gasteiger partial charge in [-0.15, -0.1) is 11.3 Å². The third kappa shape index (κ3) is 2.80. The summed E-state index contributed by atoms with van der Waals surface area (Å²) in [6.45, 7) is 3.38. The number of aromatic nitrogens is 2. The van der Waals surface area contributed by atoms with Crippen molar-refractivity contribution in [2.45, 2.75) is 51.4 Å². The first-order valence-corrected chi connectivity index (χ1v) is 9.29. The maximum absolute atomic E-state index is 12.9. The normalized spacial score (nSPS) is 18.9. The molecule has 1 saturated heterocycles. The molecule has 0 radical (unpaired) electrons. The van der Waals surface area contributed by atoms with Gasteiger partial charge in [0.2, 0.25) is 5.89 Å². The molecular formula is C17H21N3O2S. The van der Waals surface area contributed by atoms with E-state index in [1.165, 1.54) is 24.0 Å². The van der Waals surface area contributed by atoms with Crippen molar-refractivity contribution in [1.29, 1.82) is 0 Å². The Labute approximate surface area is 139 Å². The van der Waals surface area contributed by atoms with E-state index < -0.39 is 0 Å². The molecule has 2 aromatic heterocycles. The second-order valence-electron chi connectivity index (χ2n) is 6.51. The zero-order valence-electron chi connectivity index (χ0n) is 13.4. The lowest BCUT2D eigenvalue weighted by Crippen LogP contribution is -2.38. The Balaban J connectivity index is 1.44. The van der Waals surface area contributed by atoms with Gasteiger partial charge in [-0.2, -0.15) is 4.98 Å². The Morgan fingerprint density at radius 1 is 1.30 bits per heavy atom. The molecule has 0 aromatic carbocycles. The number of thiophene rings is 1. The molecule has 0 spiro atoms. The van der Waals surface area contributed by atoms with Crippen molar-refractivity contribution in [2.24, 2.45) is 0 Å². The van der Waals surface area contributed by atoms with Gasteiger partial charge in [-0.05, 0) is 55.0 Å². The average molecular weight is 331 g/mol. The van der Waals surface area contributed by atoms with Crippen LogP contribution in [-0.2, 0) is 12.8 Å². The SMILES string of the molecule is Cc1nc(C2CCN(C(=O)c3scc4c3CCCC4)CC2)no1. The molecule has 1 fully saturated rings. The predicted molar refractivity (Wildman–Crippen MR) is 87.9 cm³/mol. The molecule has 6 heteroatoms. The molecule has 0 bridgehead atoms. The number of likely N-dealkylation sites (tertiary alicyclic amines) is 1. The van der Waals surface area contributed by atoms with E-state index in [0.717, 1.165) is 49.5 Å². The summed E-state index contributed by atoms with van der Waals surface area (Å²) in [5.41, 5.74) is 2.73. The fourth-order valence-corrected chi connectivity index (χ4v) is 4.79. The third-order valence-electron chi connectivity index (χ3n) is 4.99. The molecule has 122 valence electrons. The summed E-state index contributed by atoms with van der Waals surface area (Å²) in [6.07, 6.45) is 6.50. The number of fused-ring (bicyclic) bond motifs is 1. The molecule has 0 unspecified atom stereocenters. The van der Waals surface area contributed by atoms with Crippen molar-refractivity contribution >= 4 is 17.2 Å². The monoisotopic (exact) mass is 331 g/mol. The van der Waals surface area contributed by atoms with Crippen LogP contribution < -0.4 is 0 Å². The molecule has 23 heavy (non-hydrogen) atoms. The van der Waals surface area contributed by atoms with E-state index in [-0.39, 0.29) is 5.91 Å². The molecule has 2 aromatic rings. The summed E-state index contributed by atoms with van der Waals surface area (Å²) in [7, 11) is 0. The van der Waals surface area contributed by atoms with Crippen LogP contribution >= 0.6 is 11.3 Å². The van der Waals surface area contributed by atoms with Crippen LogP contribution in [0, 0.1) is 6.92 Å². The number of carbonyl (C=O) groups is 1. The standard InChI is InChI=1S/C17H21N3O2S/c1-11-18-16(19-22-11)12-6-8-20(9-7-12)17(21)15-14-5-3-2-4-13(14)10-23-15/h10,12H,2-9H2,1H3. The lowest BCUT2D eigenvalue weighted by molar-refractivity contribution is 0.0714. The molecule has 1 amide bonds. The van der Waals surface area contributed by atoms with Crippen LogP contribution in [0.1, 0.15) is 64.1 Å². The van der Waals surface area contributed by atoms with E-state index >= 15 is 0 Å². The lowest BCUT2D eigenvalue weighted by Gasteiger charge is -2.30. The Morgan fingerprint density at radius 2 is 2.09 bits per heavy atom. The van der Waals surface area contributed by atoms with Gasteiger partial charge >= 0.3 is 0 Å². The Bertz CT molecular complexity index is 713. The molecular weight excluding hydrogens is 310 g/mol.